The zero-order valence-electron chi connectivity index (χ0n) is 13.1. The molecule has 1 saturated heterocycles. The predicted octanol–water partition coefficient (Wildman–Crippen LogP) is 1.33. The average Bonchev–Trinajstić information content (AvgIpc) is 2.69. The molecule has 2 N–H and O–H groups in total. The number of aliphatic hydroxyl groups excluding tert-OH is 2. The lowest BCUT2D eigenvalue weighted by atomic mass is 9.76. The van der Waals surface area contributed by atoms with Crippen LogP contribution in [0.25, 0.3) is 0 Å². The monoisotopic (exact) mass is 288 g/mol. The van der Waals surface area contributed by atoms with Crippen molar-refractivity contribution in [1.82, 2.24) is 0 Å². The maximum absolute atomic E-state index is 10.3. The van der Waals surface area contributed by atoms with Crippen molar-refractivity contribution in [1.29, 1.82) is 0 Å². The van der Waals surface area contributed by atoms with Crippen molar-refractivity contribution < 1.29 is 24.4 Å². The van der Waals surface area contributed by atoms with E-state index in [0.29, 0.717) is 5.92 Å². The van der Waals surface area contributed by atoms with Gasteiger partial charge in [-0.2, -0.15) is 0 Å². The van der Waals surface area contributed by atoms with Crippen LogP contribution >= 0.6 is 0 Å². The van der Waals surface area contributed by atoms with Crippen molar-refractivity contribution in [2.24, 2.45) is 11.3 Å². The zero-order chi connectivity index (χ0) is 15.5. The molecule has 1 rings (SSSR count). The second-order valence-corrected chi connectivity index (χ2v) is 6.25. The van der Waals surface area contributed by atoms with Gasteiger partial charge in [-0.25, -0.2) is 0 Å². The van der Waals surface area contributed by atoms with Crippen LogP contribution in [0.4, 0.5) is 0 Å². The van der Waals surface area contributed by atoms with Crippen molar-refractivity contribution in [3.63, 3.8) is 0 Å². The van der Waals surface area contributed by atoms with Crippen LogP contribution in [0.15, 0.2) is 12.7 Å². The van der Waals surface area contributed by atoms with Gasteiger partial charge < -0.3 is 24.4 Å². The quantitative estimate of drug-likeness (QED) is 0.546. The Hall–Kier alpha value is -0.460. The van der Waals surface area contributed by atoms with Gasteiger partial charge in [0.2, 0.25) is 0 Å². The lowest BCUT2D eigenvalue weighted by Gasteiger charge is -2.35. The van der Waals surface area contributed by atoms with Crippen molar-refractivity contribution >= 4 is 0 Å². The van der Waals surface area contributed by atoms with E-state index in [-0.39, 0.29) is 5.41 Å². The van der Waals surface area contributed by atoms with Crippen molar-refractivity contribution in [3.05, 3.63) is 12.7 Å². The van der Waals surface area contributed by atoms with Gasteiger partial charge in [0.05, 0.1) is 6.10 Å². The molecule has 0 aliphatic carbocycles. The summed E-state index contributed by atoms with van der Waals surface area (Å²) in [6.45, 7) is 9.89. The minimum atomic E-state index is -1.02. The molecule has 0 aromatic rings. The third-order valence-corrected chi connectivity index (χ3v) is 4.05. The number of methoxy groups -OCH3 is 2. The largest absolute Gasteiger partial charge is 0.388 e. The molecular formula is C15H28O5. The van der Waals surface area contributed by atoms with Gasteiger partial charge in [0.15, 0.2) is 6.29 Å². The molecule has 20 heavy (non-hydrogen) atoms. The summed E-state index contributed by atoms with van der Waals surface area (Å²) in [5.41, 5.74) is -0.297. The molecule has 1 aliphatic rings. The second kappa shape index (κ2) is 7.00. The van der Waals surface area contributed by atoms with Crippen LogP contribution in [0.2, 0.25) is 0 Å². The Morgan fingerprint density at radius 1 is 1.25 bits per heavy atom. The van der Waals surface area contributed by atoms with Crippen LogP contribution in [0.1, 0.15) is 27.2 Å². The minimum absolute atomic E-state index is 0.297. The topological polar surface area (TPSA) is 68.2 Å². The van der Waals surface area contributed by atoms with Gasteiger partial charge in [0.1, 0.15) is 18.3 Å². The SMILES string of the molecule is C=CC(C)CC(C)(C)C1OC(C(OC)OC)C(O)C1O. The number of allylic oxidation sites excluding steroid dienone is 1. The van der Waals surface area contributed by atoms with Crippen LogP contribution in [-0.2, 0) is 14.2 Å². The molecule has 5 nitrogen and oxygen atoms in total. The summed E-state index contributed by atoms with van der Waals surface area (Å²) in [7, 11) is 2.96. The van der Waals surface area contributed by atoms with Crippen LogP contribution in [-0.4, -0.2) is 55.1 Å². The molecule has 0 bridgehead atoms. The maximum atomic E-state index is 10.3. The van der Waals surface area contributed by atoms with E-state index in [0.717, 1.165) is 6.42 Å². The Morgan fingerprint density at radius 3 is 2.25 bits per heavy atom. The second-order valence-electron chi connectivity index (χ2n) is 6.25. The maximum Gasteiger partial charge on any atom is 0.185 e. The highest BCUT2D eigenvalue weighted by Gasteiger charge is 2.52. The molecule has 0 amide bonds. The minimum Gasteiger partial charge on any atom is -0.388 e. The molecule has 0 saturated carbocycles. The molecule has 5 heteroatoms. The number of hydrogen-bond acceptors (Lipinski definition) is 5. The van der Waals surface area contributed by atoms with E-state index >= 15 is 0 Å². The molecule has 1 aliphatic heterocycles. The van der Waals surface area contributed by atoms with Gasteiger partial charge in [-0.15, -0.1) is 6.58 Å². The van der Waals surface area contributed by atoms with Gasteiger partial charge in [-0.1, -0.05) is 26.8 Å². The zero-order valence-corrected chi connectivity index (χ0v) is 13.1. The normalized spacial score (nSPS) is 32.6. The Kier molecular flexibility index (Phi) is 6.16. The smallest absolute Gasteiger partial charge is 0.185 e. The summed E-state index contributed by atoms with van der Waals surface area (Å²) < 4.78 is 16.1. The summed E-state index contributed by atoms with van der Waals surface area (Å²) in [5, 5.41) is 20.4. The van der Waals surface area contributed by atoms with Gasteiger partial charge in [-0.05, 0) is 17.8 Å². The van der Waals surface area contributed by atoms with Crippen LogP contribution in [0.3, 0.4) is 0 Å². The van der Waals surface area contributed by atoms with E-state index < -0.39 is 30.7 Å². The van der Waals surface area contributed by atoms with E-state index in [2.05, 4.69) is 13.5 Å². The summed E-state index contributed by atoms with van der Waals surface area (Å²) in [6.07, 6.45) is -1.16. The van der Waals surface area contributed by atoms with E-state index in [1.165, 1.54) is 14.2 Å². The highest BCUT2D eigenvalue weighted by Crippen LogP contribution is 2.40. The Balaban J connectivity index is 2.84. The molecule has 5 unspecified atom stereocenters. The van der Waals surface area contributed by atoms with Crippen molar-refractivity contribution in [3.8, 4) is 0 Å². The number of hydrogen-bond donors (Lipinski definition) is 2. The molecule has 0 spiro atoms. The first-order chi connectivity index (χ1) is 9.28. The molecule has 118 valence electrons. The van der Waals surface area contributed by atoms with E-state index in [9.17, 15) is 10.2 Å². The first-order valence-electron chi connectivity index (χ1n) is 6.98. The Bertz CT molecular complexity index is 313. The number of rotatable bonds is 7. The summed E-state index contributed by atoms with van der Waals surface area (Å²) in [6, 6.07) is 0. The van der Waals surface area contributed by atoms with Gasteiger partial charge >= 0.3 is 0 Å². The van der Waals surface area contributed by atoms with E-state index in [1.54, 1.807) is 0 Å². The highest BCUT2D eigenvalue weighted by atomic mass is 16.7. The van der Waals surface area contributed by atoms with Gasteiger partial charge in [0, 0.05) is 14.2 Å². The number of aliphatic hydroxyl groups is 2. The highest BCUT2D eigenvalue weighted by molar-refractivity contribution is 4.99. The fourth-order valence-electron chi connectivity index (χ4n) is 2.97. The van der Waals surface area contributed by atoms with E-state index in [1.807, 2.05) is 19.9 Å². The first kappa shape index (κ1) is 17.6. The third kappa shape index (κ3) is 3.59. The molecule has 0 radical (unpaired) electrons. The fourth-order valence-corrected chi connectivity index (χ4v) is 2.97. The van der Waals surface area contributed by atoms with Gasteiger partial charge in [0.25, 0.3) is 0 Å². The average molecular weight is 288 g/mol. The predicted molar refractivity (Wildman–Crippen MR) is 76.2 cm³/mol. The summed E-state index contributed by atoms with van der Waals surface area (Å²) >= 11 is 0. The van der Waals surface area contributed by atoms with Crippen LogP contribution in [0, 0.1) is 11.3 Å². The van der Waals surface area contributed by atoms with Crippen molar-refractivity contribution in [2.75, 3.05) is 14.2 Å². The molecular weight excluding hydrogens is 260 g/mol. The first-order valence-corrected chi connectivity index (χ1v) is 6.98. The molecule has 5 atom stereocenters. The van der Waals surface area contributed by atoms with E-state index in [4.69, 9.17) is 14.2 Å². The molecule has 1 fully saturated rings. The van der Waals surface area contributed by atoms with Gasteiger partial charge in [-0.3, -0.25) is 0 Å². The Labute approximate surface area is 121 Å². The number of ether oxygens (including phenoxy) is 3. The van der Waals surface area contributed by atoms with Crippen molar-refractivity contribution in [2.45, 2.75) is 57.9 Å². The molecule has 1 heterocycles. The standard InChI is InChI=1S/C15H28O5/c1-7-9(2)8-15(3,4)13-11(17)10(16)12(20-13)14(18-5)19-6/h7,9-14,16-17H,1,8H2,2-6H3. The molecule has 0 aromatic carbocycles. The molecule has 0 aromatic heterocycles. The van der Waals surface area contributed by atoms with Crippen LogP contribution < -0.4 is 0 Å². The third-order valence-electron chi connectivity index (χ3n) is 4.05. The fraction of sp³-hybridized carbons (Fsp3) is 0.867. The van der Waals surface area contributed by atoms with Crippen LogP contribution in [0.5, 0.6) is 0 Å². The summed E-state index contributed by atoms with van der Waals surface area (Å²) in [4.78, 5) is 0. The Morgan fingerprint density at radius 2 is 1.80 bits per heavy atom. The lowest BCUT2D eigenvalue weighted by Crippen LogP contribution is -2.42. The lowest BCUT2D eigenvalue weighted by molar-refractivity contribution is -0.199. The summed E-state index contributed by atoms with van der Waals surface area (Å²) in [5.74, 6) is 0.303.